The average Bonchev–Trinajstić information content (AvgIpc) is 3.29. The number of phenols is 1. The number of hydrogen-bond acceptors (Lipinski definition) is 8. The van der Waals surface area contributed by atoms with E-state index in [1.54, 1.807) is 18.2 Å². The first-order valence-corrected chi connectivity index (χ1v) is 15.3. The minimum Gasteiger partial charge on any atom is -0.505 e. The lowest BCUT2D eigenvalue weighted by Gasteiger charge is -2.43. The Morgan fingerprint density at radius 3 is 2.59 bits per heavy atom. The van der Waals surface area contributed by atoms with Crippen molar-refractivity contribution in [2.75, 3.05) is 11.5 Å². The Bertz CT molecular complexity index is 1700. The van der Waals surface area contributed by atoms with E-state index in [4.69, 9.17) is 9.39 Å². The molecule has 12 heteroatoms. The molecule has 2 amide bonds. The highest BCUT2D eigenvalue weighted by atomic mass is 19.1. The molecule has 1 aliphatic carbocycles. The molecular formula is C34H34B2FNO8. The SMILES string of the molecule is C/C(=C\c1ccc(O)c(F)c1)CC[C@H]1OB(O)C[C@H]2C1=C(COc1ccccc1)C[C@H]1C(=O)N(c3cccc(B(O)O)c3)C(=O)[C@H]12. The molecule has 0 radical (unpaired) electrons. The van der Waals surface area contributed by atoms with Crippen LogP contribution < -0.4 is 15.1 Å². The molecule has 0 unspecified atom stereocenters. The van der Waals surface area contributed by atoms with Crippen molar-refractivity contribution in [1.82, 2.24) is 0 Å². The zero-order valence-corrected chi connectivity index (χ0v) is 25.3. The lowest BCUT2D eigenvalue weighted by atomic mass is 9.58. The van der Waals surface area contributed by atoms with Gasteiger partial charge < -0.3 is 29.6 Å². The van der Waals surface area contributed by atoms with Crippen molar-refractivity contribution in [2.24, 2.45) is 17.8 Å². The number of hydrogen-bond donors (Lipinski definition) is 4. The van der Waals surface area contributed by atoms with Crippen molar-refractivity contribution in [3.63, 3.8) is 0 Å². The molecule has 4 atom stereocenters. The second kappa shape index (κ2) is 13.3. The lowest BCUT2D eigenvalue weighted by Crippen LogP contribution is -2.46. The number of imide groups is 1. The van der Waals surface area contributed by atoms with Crippen LogP contribution in [-0.2, 0) is 14.2 Å². The van der Waals surface area contributed by atoms with Crippen molar-refractivity contribution >= 4 is 43.3 Å². The van der Waals surface area contributed by atoms with Crippen LogP contribution >= 0.6 is 0 Å². The molecule has 9 nitrogen and oxygen atoms in total. The van der Waals surface area contributed by atoms with Crippen LogP contribution in [0.5, 0.6) is 11.5 Å². The number of amides is 2. The largest absolute Gasteiger partial charge is 0.505 e. The number of rotatable bonds is 9. The van der Waals surface area contributed by atoms with Crippen LogP contribution in [0.1, 0.15) is 31.7 Å². The molecule has 2 heterocycles. The minimum atomic E-state index is -1.76. The van der Waals surface area contributed by atoms with Crippen LogP contribution in [0.2, 0.25) is 6.32 Å². The third-order valence-corrected chi connectivity index (χ3v) is 9.08. The summed E-state index contributed by atoms with van der Waals surface area (Å²) in [6, 6.07) is 19.5. The molecule has 0 spiro atoms. The van der Waals surface area contributed by atoms with Gasteiger partial charge in [-0.15, -0.1) is 0 Å². The minimum absolute atomic E-state index is 0.131. The Kier molecular flexibility index (Phi) is 9.15. The van der Waals surface area contributed by atoms with E-state index in [-0.39, 0.29) is 36.4 Å². The fourth-order valence-electron chi connectivity index (χ4n) is 6.99. The van der Waals surface area contributed by atoms with E-state index in [2.05, 4.69) is 0 Å². The molecule has 46 heavy (non-hydrogen) atoms. The number of ether oxygens (including phenoxy) is 1. The predicted molar refractivity (Wildman–Crippen MR) is 171 cm³/mol. The van der Waals surface area contributed by atoms with Crippen LogP contribution in [-0.4, -0.2) is 58.9 Å². The number of halogens is 1. The molecule has 0 saturated carbocycles. The molecule has 4 N–H and O–H groups in total. The molecule has 236 valence electrons. The highest BCUT2D eigenvalue weighted by Gasteiger charge is 2.57. The van der Waals surface area contributed by atoms with E-state index in [0.717, 1.165) is 21.6 Å². The van der Waals surface area contributed by atoms with Gasteiger partial charge in [0.25, 0.3) is 0 Å². The molecule has 0 bridgehead atoms. The summed E-state index contributed by atoms with van der Waals surface area (Å²) in [6.45, 7) is 2.07. The van der Waals surface area contributed by atoms with Gasteiger partial charge in [-0.25, -0.2) is 4.39 Å². The van der Waals surface area contributed by atoms with E-state index in [9.17, 15) is 34.2 Å². The number of aromatic hydroxyl groups is 1. The third-order valence-electron chi connectivity index (χ3n) is 9.08. The van der Waals surface area contributed by atoms with E-state index >= 15 is 0 Å². The standard InChI is InChI=1S/C34H34B2FNO8/c1-20(14-21-11-12-29(39)28(37)15-21)10-13-30-31-22(19-45-25-8-3-2-4-9-25)16-26-32(27(31)18-35(42)46-30)34(41)38(33(26)40)24-7-5-6-23(17-24)36(43)44/h2-9,11-12,14-15,17,26-27,30,32,39,42-44H,10,13,16,18-19H2,1H3/b20-14+/t26-,27+,30-,32-/m1/s1. The molecule has 3 aliphatic rings. The molecule has 2 aliphatic heterocycles. The van der Waals surface area contributed by atoms with Gasteiger partial charge in [-0.3, -0.25) is 14.5 Å². The van der Waals surface area contributed by atoms with Crippen LogP contribution in [0.4, 0.5) is 10.1 Å². The number of nitrogens with zero attached hydrogens (tertiary/aromatic N) is 1. The second-order valence-corrected chi connectivity index (χ2v) is 12.1. The van der Waals surface area contributed by atoms with Gasteiger partial charge >= 0.3 is 14.2 Å². The summed E-state index contributed by atoms with van der Waals surface area (Å²) < 4.78 is 26.2. The van der Waals surface area contributed by atoms with Gasteiger partial charge in [0.1, 0.15) is 12.4 Å². The highest BCUT2D eigenvalue weighted by Crippen LogP contribution is 2.51. The summed E-state index contributed by atoms with van der Waals surface area (Å²) >= 11 is 0. The van der Waals surface area contributed by atoms with Crippen molar-refractivity contribution in [1.29, 1.82) is 0 Å². The first-order chi connectivity index (χ1) is 22.1. The number of fused-ring (bicyclic) bond motifs is 3. The van der Waals surface area contributed by atoms with Gasteiger partial charge in [0.15, 0.2) is 11.6 Å². The maximum Gasteiger partial charge on any atom is 0.488 e. The Labute approximate surface area is 266 Å². The number of benzene rings is 3. The van der Waals surface area contributed by atoms with Gasteiger partial charge in [0, 0.05) is 0 Å². The quantitative estimate of drug-likeness (QED) is 0.161. The number of carbonyl (C=O) groups excluding carboxylic acids is 2. The fourth-order valence-corrected chi connectivity index (χ4v) is 6.99. The van der Waals surface area contributed by atoms with Crippen LogP contribution in [0, 0.1) is 23.6 Å². The third kappa shape index (κ3) is 6.39. The summed E-state index contributed by atoms with van der Waals surface area (Å²) in [5, 5.41) is 39.8. The van der Waals surface area contributed by atoms with Crippen molar-refractivity contribution < 1.29 is 43.5 Å². The summed E-state index contributed by atoms with van der Waals surface area (Å²) in [6.07, 6.45) is 2.65. The van der Waals surface area contributed by atoms with E-state index in [1.807, 2.05) is 43.3 Å². The summed E-state index contributed by atoms with van der Waals surface area (Å²) in [5.41, 5.74) is 3.63. The topological polar surface area (TPSA) is 137 Å². The maximum absolute atomic E-state index is 14.1. The van der Waals surface area contributed by atoms with E-state index < -0.39 is 55.6 Å². The van der Waals surface area contributed by atoms with Crippen LogP contribution in [0.25, 0.3) is 6.08 Å². The first kappa shape index (κ1) is 31.7. The smallest absolute Gasteiger partial charge is 0.488 e. The molecule has 6 rings (SSSR count). The average molecular weight is 625 g/mol. The van der Waals surface area contributed by atoms with Crippen molar-refractivity contribution in [3.05, 3.63) is 101 Å². The van der Waals surface area contributed by atoms with Gasteiger partial charge in [0.05, 0.1) is 23.6 Å². The number of phenolic OH excluding ortho intramolecular Hbond substituents is 1. The molecule has 3 aromatic rings. The number of anilines is 1. The van der Waals surface area contributed by atoms with Gasteiger partial charge in [-0.1, -0.05) is 48.0 Å². The first-order valence-electron chi connectivity index (χ1n) is 15.3. The molecule has 0 aromatic heterocycles. The van der Waals surface area contributed by atoms with Gasteiger partial charge in [0.2, 0.25) is 11.8 Å². The summed E-state index contributed by atoms with van der Waals surface area (Å²) in [4.78, 5) is 29.1. The van der Waals surface area contributed by atoms with Crippen molar-refractivity contribution in [3.8, 4) is 11.5 Å². The summed E-state index contributed by atoms with van der Waals surface area (Å²) in [7, 11) is -2.92. The molecule has 2 saturated heterocycles. The Balaban J connectivity index is 1.32. The molecular weight excluding hydrogens is 591 g/mol. The van der Waals surface area contributed by atoms with Crippen molar-refractivity contribution in [2.45, 2.75) is 38.6 Å². The van der Waals surface area contributed by atoms with Gasteiger partial charge in [-0.05, 0) is 97.0 Å². The monoisotopic (exact) mass is 625 g/mol. The van der Waals surface area contributed by atoms with E-state index in [1.165, 1.54) is 24.3 Å². The van der Waals surface area contributed by atoms with E-state index in [0.29, 0.717) is 24.2 Å². The fraction of sp³-hybridized carbons (Fsp3) is 0.294. The number of para-hydroxylation sites is 1. The summed E-state index contributed by atoms with van der Waals surface area (Å²) in [5.74, 6) is -3.16. The molecule has 2 fully saturated rings. The van der Waals surface area contributed by atoms with Crippen LogP contribution in [0.3, 0.4) is 0 Å². The highest BCUT2D eigenvalue weighted by molar-refractivity contribution is 6.58. The zero-order valence-electron chi connectivity index (χ0n) is 25.3. The Hall–Kier alpha value is -4.22. The van der Waals surface area contributed by atoms with Gasteiger partial charge in [-0.2, -0.15) is 0 Å². The zero-order chi connectivity index (χ0) is 32.5. The maximum atomic E-state index is 14.1. The Morgan fingerprint density at radius 1 is 1.07 bits per heavy atom. The second-order valence-electron chi connectivity index (χ2n) is 12.1. The number of carbonyl (C=O) groups is 2. The normalized spacial score (nSPS) is 23.0. The number of allylic oxidation sites excluding steroid dienone is 1. The predicted octanol–water partition coefficient (Wildman–Crippen LogP) is 3.48. The molecule has 3 aromatic carbocycles. The lowest BCUT2D eigenvalue weighted by molar-refractivity contribution is -0.122. The Morgan fingerprint density at radius 2 is 1.85 bits per heavy atom. The van der Waals surface area contributed by atoms with Crippen LogP contribution in [0.15, 0.2) is 89.5 Å².